The summed E-state index contributed by atoms with van der Waals surface area (Å²) in [5, 5.41) is 6.39. The Labute approximate surface area is 179 Å². The highest BCUT2D eigenvalue weighted by atomic mass is 127. The van der Waals surface area contributed by atoms with E-state index in [2.05, 4.69) is 34.7 Å². The third-order valence-electron chi connectivity index (χ3n) is 3.83. The van der Waals surface area contributed by atoms with Crippen LogP contribution in [0.15, 0.2) is 64.5 Å². The van der Waals surface area contributed by atoms with Crippen molar-refractivity contribution in [1.82, 2.24) is 10.6 Å². The van der Waals surface area contributed by atoms with Crippen LogP contribution in [-0.4, -0.2) is 33.2 Å². The normalized spacial score (nSPS) is 11.6. The third-order valence-corrected chi connectivity index (χ3v) is 5.65. The number of hydrogen-bond acceptors (Lipinski definition) is 3. The van der Waals surface area contributed by atoms with E-state index in [1.165, 1.54) is 5.56 Å². The Morgan fingerprint density at radius 3 is 2.44 bits per heavy atom. The molecular weight excluding hydrogens is 473 g/mol. The van der Waals surface area contributed by atoms with Gasteiger partial charge in [0.15, 0.2) is 15.8 Å². The fourth-order valence-corrected chi connectivity index (χ4v) is 3.87. The minimum absolute atomic E-state index is 0. The fourth-order valence-electron chi connectivity index (χ4n) is 2.54. The van der Waals surface area contributed by atoms with Crippen LogP contribution >= 0.6 is 24.0 Å². The molecule has 0 unspecified atom stereocenters. The van der Waals surface area contributed by atoms with Gasteiger partial charge in [-0.3, -0.25) is 0 Å². The number of nitrogens with one attached hydrogen (secondary N) is 2. The average Bonchev–Trinajstić information content (AvgIpc) is 2.64. The van der Waals surface area contributed by atoms with Crippen molar-refractivity contribution >= 4 is 39.8 Å². The second-order valence-electron chi connectivity index (χ2n) is 6.10. The minimum atomic E-state index is -3.23. The number of aryl methyl sites for hydroxylation is 1. The molecule has 27 heavy (non-hydrogen) atoms. The van der Waals surface area contributed by atoms with E-state index in [-0.39, 0.29) is 29.7 Å². The highest BCUT2D eigenvalue weighted by Gasteiger charge is 2.13. The predicted octanol–water partition coefficient (Wildman–Crippen LogP) is 3.53. The molecule has 2 aromatic carbocycles. The number of benzene rings is 2. The number of aliphatic imine (C=N–C) groups is 1. The molecular formula is C20H28IN3O2S. The molecule has 0 spiro atoms. The molecule has 0 amide bonds. The molecule has 2 rings (SSSR count). The smallest absolute Gasteiger partial charge is 0.191 e. The van der Waals surface area contributed by atoms with Crippen molar-refractivity contribution in [1.29, 1.82) is 0 Å². The van der Waals surface area contributed by atoms with Crippen molar-refractivity contribution in [2.24, 2.45) is 4.99 Å². The van der Waals surface area contributed by atoms with E-state index in [0.717, 1.165) is 12.1 Å². The molecule has 148 valence electrons. The quantitative estimate of drug-likeness (QED) is 0.251. The van der Waals surface area contributed by atoms with E-state index in [1.54, 1.807) is 24.3 Å². The van der Waals surface area contributed by atoms with Crippen LogP contribution in [0, 0.1) is 6.92 Å². The molecule has 0 aromatic heterocycles. The number of sulfone groups is 1. The molecule has 0 aliphatic rings. The van der Waals surface area contributed by atoms with Gasteiger partial charge in [0, 0.05) is 13.1 Å². The Morgan fingerprint density at radius 2 is 1.78 bits per heavy atom. The van der Waals surface area contributed by atoms with Crippen LogP contribution in [0.1, 0.15) is 24.5 Å². The Hall–Kier alpha value is -1.61. The van der Waals surface area contributed by atoms with Crippen LogP contribution in [0.25, 0.3) is 0 Å². The first-order valence-corrected chi connectivity index (χ1v) is 10.5. The Balaban J connectivity index is 0.00000364. The molecule has 0 bridgehead atoms. The van der Waals surface area contributed by atoms with E-state index in [4.69, 9.17) is 0 Å². The van der Waals surface area contributed by atoms with E-state index in [0.29, 0.717) is 30.4 Å². The maximum atomic E-state index is 12.3. The molecule has 2 aromatic rings. The molecule has 0 saturated heterocycles. The van der Waals surface area contributed by atoms with E-state index in [1.807, 2.05) is 25.1 Å². The van der Waals surface area contributed by atoms with Crippen LogP contribution in [0.2, 0.25) is 0 Å². The first-order chi connectivity index (χ1) is 12.5. The predicted molar refractivity (Wildman–Crippen MR) is 123 cm³/mol. The first kappa shape index (κ1) is 23.4. The summed E-state index contributed by atoms with van der Waals surface area (Å²) in [6, 6.07) is 16.8. The van der Waals surface area contributed by atoms with E-state index < -0.39 is 9.84 Å². The van der Waals surface area contributed by atoms with Gasteiger partial charge in [-0.15, -0.1) is 24.0 Å². The lowest BCUT2D eigenvalue weighted by Crippen LogP contribution is -2.38. The summed E-state index contributed by atoms with van der Waals surface area (Å²) in [5.41, 5.74) is 2.36. The van der Waals surface area contributed by atoms with Crippen molar-refractivity contribution < 1.29 is 8.42 Å². The van der Waals surface area contributed by atoms with Gasteiger partial charge in [0.25, 0.3) is 0 Å². The van der Waals surface area contributed by atoms with Crippen molar-refractivity contribution in [3.8, 4) is 0 Å². The maximum absolute atomic E-state index is 12.3. The topological polar surface area (TPSA) is 70.6 Å². The summed E-state index contributed by atoms with van der Waals surface area (Å²) in [6.45, 7) is 5.95. The highest BCUT2D eigenvalue weighted by Crippen LogP contribution is 2.10. The Morgan fingerprint density at radius 1 is 1.04 bits per heavy atom. The van der Waals surface area contributed by atoms with Gasteiger partial charge in [-0.2, -0.15) is 0 Å². The summed E-state index contributed by atoms with van der Waals surface area (Å²) in [5.74, 6) is 0.813. The van der Waals surface area contributed by atoms with Gasteiger partial charge in [0.1, 0.15) is 0 Å². The molecule has 0 aliphatic heterocycles. The number of hydrogen-bond donors (Lipinski definition) is 2. The molecule has 0 atom stereocenters. The average molecular weight is 501 g/mol. The zero-order valence-electron chi connectivity index (χ0n) is 15.8. The van der Waals surface area contributed by atoms with Gasteiger partial charge >= 0.3 is 0 Å². The molecule has 7 heteroatoms. The zero-order valence-corrected chi connectivity index (χ0v) is 19.0. The summed E-state index contributed by atoms with van der Waals surface area (Å²) in [4.78, 5) is 4.94. The largest absolute Gasteiger partial charge is 0.357 e. The summed E-state index contributed by atoms with van der Waals surface area (Å²) in [6.07, 6.45) is 0.520. The van der Waals surface area contributed by atoms with Gasteiger partial charge in [-0.05, 0) is 38.0 Å². The molecule has 5 nitrogen and oxygen atoms in total. The number of nitrogens with zero attached hydrogens (tertiary/aromatic N) is 1. The molecule has 0 aliphatic carbocycles. The van der Waals surface area contributed by atoms with Crippen molar-refractivity contribution in [3.05, 3.63) is 65.7 Å². The summed E-state index contributed by atoms with van der Waals surface area (Å²) < 4.78 is 24.5. The minimum Gasteiger partial charge on any atom is -0.357 e. The van der Waals surface area contributed by atoms with Crippen LogP contribution in [0.3, 0.4) is 0 Å². The van der Waals surface area contributed by atoms with Crippen LogP contribution in [0.4, 0.5) is 0 Å². The summed E-state index contributed by atoms with van der Waals surface area (Å²) >= 11 is 0. The zero-order chi connectivity index (χ0) is 18.8. The molecule has 0 radical (unpaired) electrons. The van der Waals surface area contributed by atoms with Crippen LogP contribution in [-0.2, 0) is 16.4 Å². The van der Waals surface area contributed by atoms with Gasteiger partial charge in [-0.25, -0.2) is 13.4 Å². The second kappa shape index (κ2) is 12.0. The van der Waals surface area contributed by atoms with Gasteiger partial charge in [0.2, 0.25) is 0 Å². The molecule has 0 saturated carbocycles. The lowest BCUT2D eigenvalue weighted by atomic mass is 10.1. The first-order valence-electron chi connectivity index (χ1n) is 8.87. The van der Waals surface area contributed by atoms with E-state index >= 15 is 0 Å². The standard InChI is InChI=1S/C20H27N3O2S.HI/c1-3-21-20(23-16-18-10-7-9-17(2)15-18)22-13-8-14-26(24,25)19-11-5-4-6-12-19;/h4-7,9-12,15H,3,8,13-14,16H2,1-2H3,(H2,21,22,23);1H. The van der Waals surface area contributed by atoms with Crippen molar-refractivity contribution in [2.75, 3.05) is 18.8 Å². The number of rotatable bonds is 8. The lowest BCUT2D eigenvalue weighted by Gasteiger charge is -2.11. The van der Waals surface area contributed by atoms with Gasteiger partial charge in [-0.1, -0.05) is 48.0 Å². The fraction of sp³-hybridized carbons (Fsp3) is 0.350. The van der Waals surface area contributed by atoms with Gasteiger partial charge < -0.3 is 10.6 Å². The maximum Gasteiger partial charge on any atom is 0.191 e. The summed E-state index contributed by atoms with van der Waals surface area (Å²) in [7, 11) is -3.23. The van der Waals surface area contributed by atoms with Crippen molar-refractivity contribution in [3.63, 3.8) is 0 Å². The van der Waals surface area contributed by atoms with Crippen molar-refractivity contribution in [2.45, 2.75) is 31.7 Å². The highest BCUT2D eigenvalue weighted by molar-refractivity contribution is 14.0. The molecule has 0 fully saturated rings. The third kappa shape index (κ3) is 8.30. The molecule has 0 heterocycles. The lowest BCUT2D eigenvalue weighted by molar-refractivity contribution is 0.592. The monoisotopic (exact) mass is 501 g/mol. The van der Waals surface area contributed by atoms with Gasteiger partial charge in [0.05, 0.1) is 17.2 Å². The SMILES string of the molecule is CCNC(=NCc1cccc(C)c1)NCCCS(=O)(=O)c1ccccc1.I. The van der Waals surface area contributed by atoms with Crippen LogP contribution in [0.5, 0.6) is 0 Å². The number of guanidine groups is 1. The Bertz CT molecular complexity index is 824. The second-order valence-corrected chi connectivity index (χ2v) is 8.21. The van der Waals surface area contributed by atoms with E-state index in [9.17, 15) is 8.42 Å². The Kier molecular flexibility index (Phi) is 10.4. The number of halogens is 1. The van der Waals surface area contributed by atoms with Crippen LogP contribution < -0.4 is 10.6 Å². The molecule has 2 N–H and O–H groups in total.